The van der Waals surface area contributed by atoms with E-state index in [1.165, 1.54) is 6.07 Å². The minimum absolute atomic E-state index is 0.0186. The number of benzene rings is 1. The maximum absolute atomic E-state index is 13.3. The number of pyridine rings is 1. The maximum atomic E-state index is 13.3. The fourth-order valence-electron chi connectivity index (χ4n) is 2.34. The van der Waals surface area contributed by atoms with Gasteiger partial charge in [0.1, 0.15) is 5.82 Å². The third-order valence-electron chi connectivity index (χ3n) is 3.64. The summed E-state index contributed by atoms with van der Waals surface area (Å²) < 4.78 is 15.3. The van der Waals surface area contributed by atoms with E-state index in [9.17, 15) is 4.39 Å². The molecule has 0 saturated carbocycles. The van der Waals surface area contributed by atoms with Crippen LogP contribution < -0.4 is 5.32 Å². The molecule has 0 aliphatic heterocycles. The Balaban J connectivity index is 1.77. The average Bonchev–Trinajstić information content (AvgIpc) is 2.92. The molecule has 21 heavy (non-hydrogen) atoms. The van der Waals surface area contributed by atoms with Crippen LogP contribution in [-0.4, -0.2) is 14.6 Å². The molecule has 0 aliphatic rings. The smallest absolute Gasteiger partial charge is 0.160 e. The molecule has 3 aromatic rings. The number of aromatic nitrogens is 3. The Morgan fingerprint density at radius 3 is 2.95 bits per heavy atom. The van der Waals surface area contributed by atoms with Gasteiger partial charge in [0.25, 0.3) is 0 Å². The van der Waals surface area contributed by atoms with Crippen LogP contribution in [0, 0.1) is 12.7 Å². The van der Waals surface area contributed by atoms with E-state index in [1.807, 2.05) is 42.6 Å². The molecule has 3 rings (SSSR count). The van der Waals surface area contributed by atoms with Gasteiger partial charge in [-0.2, -0.15) is 0 Å². The van der Waals surface area contributed by atoms with Gasteiger partial charge in [-0.25, -0.2) is 4.39 Å². The van der Waals surface area contributed by atoms with Crippen molar-refractivity contribution >= 4 is 5.65 Å². The summed E-state index contributed by atoms with van der Waals surface area (Å²) in [6, 6.07) is 10.7. The topological polar surface area (TPSA) is 42.2 Å². The molecule has 0 bridgehead atoms. The van der Waals surface area contributed by atoms with Crippen molar-refractivity contribution in [2.45, 2.75) is 26.4 Å². The molecule has 1 aromatic carbocycles. The highest BCUT2D eigenvalue weighted by atomic mass is 19.1. The lowest BCUT2D eigenvalue weighted by molar-refractivity contribution is 0.537. The van der Waals surface area contributed by atoms with Crippen LogP contribution in [0.2, 0.25) is 0 Å². The molecule has 1 unspecified atom stereocenters. The van der Waals surface area contributed by atoms with Gasteiger partial charge < -0.3 is 5.32 Å². The highest BCUT2D eigenvalue weighted by Gasteiger charge is 2.13. The SMILES string of the molecule is Cc1ccc(F)cc1CNC(C)c1nnc2ccccn12. The molecular weight excluding hydrogens is 267 g/mol. The molecule has 0 amide bonds. The zero-order valence-corrected chi connectivity index (χ0v) is 12.0. The van der Waals surface area contributed by atoms with Crippen molar-refractivity contribution in [3.63, 3.8) is 0 Å². The third-order valence-corrected chi connectivity index (χ3v) is 3.64. The monoisotopic (exact) mass is 284 g/mol. The molecule has 0 spiro atoms. The van der Waals surface area contributed by atoms with Crippen LogP contribution in [0.4, 0.5) is 4.39 Å². The fraction of sp³-hybridized carbons (Fsp3) is 0.250. The van der Waals surface area contributed by atoms with Gasteiger partial charge in [0.15, 0.2) is 11.5 Å². The second-order valence-corrected chi connectivity index (χ2v) is 5.16. The lowest BCUT2D eigenvalue weighted by Gasteiger charge is -2.13. The maximum Gasteiger partial charge on any atom is 0.160 e. The largest absolute Gasteiger partial charge is 0.303 e. The summed E-state index contributed by atoms with van der Waals surface area (Å²) in [6.45, 7) is 4.60. The molecular formula is C16H17FN4. The lowest BCUT2D eigenvalue weighted by Crippen LogP contribution is -2.21. The van der Waals surface area contributed by atoms with Gasteiger partial charge in [-0.3, -0.25) is 4.40 Å². The van der Waals surface area contributed by atoms with Gasteiger partial charge in [-0.15, -0.1) is 10.2 Å². The number of hydrogen-bond donors (Lipinski definition) is 1. The number of hydrogen-bond acceptors (Lipinski definition) is 3. The average molecular weight is 284 g/mol. The van der Waals surface area contributed by atoms with E-state index < -0.39 is 0 Å². The first-order valence-electron chi connectivity index (χ1n) is 6.93. The molecule has 1 N–H and O–H groups in total. The molecule has 0 aliphatic carbocycles. The number of halogens is 1. The van der Waals surface area contributed by atoms with Gasteiger partial charge in [-0.1, -0.05) is 12.1 Å². The summed E-state index contributed by atoms with van der Waals surface area (Å²) in [5, 5.41) is 11.7. The fourth-order valence-corrected chi connectivity index (χ4v) is 2.34. The van der Waals surface area contributed by atoms with Crippen LogP contribution >= 0.6 is 0 Å². The first-order chi connectivity index (χ1) is 10.1. The number of fused-ring (bicyclic) bond motifs is 1. The van der Waals surface area contributed by atoms with E-state index in [1.54, 1.807) is 12.1 Å². The van der Waals surface area contributed by atoms with Crippen molar-refractivity contribution in [3.8, 4) is 0 Å². The van der Waals surface area contributed by atoms with Crippen LogP contribution in [0.3, 0.4) is 0 Å². The first kappa shape index (κ1) is 13.7. The second-order valence-electron chi connectivity index (χ2n) is 5.16. The Kier molecular flexibility index (Phi) is 3.66. The molecule has 0 fully saturated rings. The Morgan fingerprint density at radius 1 is 1.24 bits per heavy atom. The Morgan fingerprint density at radius 2 is 2.10 bits per heavy atom. The summed E-state index contributed by atoms with van der Waals surface area (Å²) in [7, 11) is 0. The second kappa shape index (κ2) is 5.61. The van der Waals surface area contributed by atoms with E-state index >= 15 is 0 Å². The van der Waals surface area contributed by atoms with Crippen molar-refractivity contribution in [3.05, 3.63) is 65.4 Å². The quantitative estimate of drug-likeness (QED) is 0.800. The summed E-state index contributed by atoms with van der Waals surface area (Å²) in [6.07, 6.45) is 1.94. The predicted molar refractivity (Wildman–Crippen MR) is 79.4 cm³/mol. The van der Waals surface area contributed by atoms with E-state index in [-0.39, 0.29) is 11.9 Å². The third kappa shape index (κ3) is 2.78. The van der Waals surface area contributed by atoms with Crippen molar-refractivity contribution < 1.29 is 4.39 Å². The highest BCUT2D eigenvalue weighted by molar-refractivity contribution is 5.37. The normalized spacial score (nSPS) is 12.7. The Bertz CT molecular complexity index is 766. The molecule has 2 aromatic heterocycles. The highest BCUT2D eigenvalue weighted by Crippen LogP contribution is 2.15. The van der Waals surface area contributed by atoms with Crippen LogP contribution in [-0.2, 0) is 6.54 Å². The lowest BCUT2D eigenvalue weighted by atomic mass is 10.1. The summed E-state index contributed by atoms with van der Waals surface area (Å²) in [5.41, 5.74) is 2.85. The van der Waals surface area contributed by atoms with Crippen LogP contribution in [0.1, 0.15) is 29.9 Å². The summed E-state index contributed by atoms with van der Waals surface area (Å²) in [4.78, 5) is 0. The van der Waals surface area contributed by atoms with Gasteiger partial charge in [0.05, 0.1) is 6.04 Å². The Hall–Kier alpha value is -2.27. The van der Waals surface area contributed by atoms with Crippen molar-refractivity contribution in [1.82, 2.24) is 19.9 Å². The molecule has 1 atom stereocenters. The molecule has 2 heterocycles. The summed E-state index contributed by atoms with van der Waals surface area (Å²) in [5.74, 6) is 0.637. The number of rotatable bonds is 4. The van der Waals surface area contributed by atoms with Gasteiger partial charge in [0, 0.05) is 12.7 Å². The van der Waals surface area contributed by atoms with E-state index in [4.69, 9.17) is 0 Å². The van der Waals surface area contributed by atoms with Crippen LogP contribution in [0.5, 0.6) is 0 Å². The minimum Gasteiger partial charge on any atom is -0.303 e. The first-order valence-corrected chi connectivity index (χ1v) is 6.93. The zero-order chi connectivity index (χ0) is 14.8. The van der Waals surface area contributed by atoms with E-state index in [0.29, 0.717) is 6.54 Å². The van der Waals surface area contributed by atoms with Crippen molar-refractivity contribution in [2.24, 2.45) is 0 Å². The van der Waals surface area contributed by atoms with Gasteiger partial charge >= 0.3 is 0 Å². The Labute approximate surface area is 122 Å². The van der Waals surface area contributed by atoms with Gasteiger partial charge in [0.2, 0.25) is 0 Å². The standard InChI is InChI=1S/C16H17FN4/c1-11-6-7-14(17)9-13(11)10-18-12(2)16-20-19-15-5-3-4-8-21(15)16/h3-9,12,18H,10H2,1-2H3. The molecule has 0 radical (unpaired) electrons. The molecule has 4 nitrogen and oxygen atoms in total. The molecule has 0 saturated heterocycles. The van der Waals surface area contributed by atoms with Crippen molar-refractivity contribution in [1.29, 1.82) is 0 Å². The zero-order valence-electron chi connectivity index (χ0n) is 12.0. The van der Waals surface area contributed by atoms with Gasteiger partial charge in [-0.05, 0) is 49.2 Å². The number of nitrogens with zero attached hydrogens (tertiary/aromatic N) is 3. The predicted octanol–water partition coefficient (Wildman–Crippen LogP) is 3.03. The molecule has 108 valence electrons. The van der Waals surface area contributed by atoms with Crippen LogP contribution in [0.15, 0.2) is 42.6 Å². The minimum atomic E-state index is -0.210. The molecule has 5 heteroatoms. The van der Waals surface area contributed by atoms with Crippen molar-refractivity contribution in [2.75, 3.05) is 0 Å². The van der Waals surface area contributed by atoms with Crippen LogP contribution in [0.25, 0.3) is 5.65 Å². The van der Waals surface area contributed by atoms with E-state index in [2.05, 4.69) is 15.5 Å². The summed E-state index contributed by atoms with van der Waals surface area (Å²) >= 11 is 0. The number of aryl methyl sites for hydroxylation is 1. The number of nitrogens with one attached hydrogen (secondary N) is 1. The van der Waals surface area contributed by atoms with E-state index in [0.717, 1.165) is 22.6 Å².